The van der Waals surface area contributed by atoms with E-state index in [0.717, 1.165) is 12.0 Å². The Hall–Kier alpha value is -0.630. The lowest BCUT2D eigenvalue weighted by molar-refractivity contribution is 0.0950. The van der Waals surface area contributed by atoms with Crippen LogP contribution < -0.4 is 0 Å². The molecule has 2 rings (SSSR count). The molecule has 1 nitrogen and oxygen atoms in total. The molecule has 15 heavy (non-hydrogen) atoms. The molecule has 1 fully saturated rings. The molecule has 1 aliphatic rings. The molecule has 0 radical (unpaired) electrons. The molecule has 0 N–H and O–H groups in total. The van der Waals surface area contributed by atoms with Gasteiger partial charge < -0.3 is 0 Å². The lowest BCUT2D eigenvalue weighted by atomic mass is 9.85. The van der Waals surface area contributed by atoms with Gasteiger partial charge in [-0.25, -0.2) is 0 Å². The number of hydrogen-bond acceptors (Lipinski definition) is 2. The van der Waals surface area contributed by atoms with Crippen molar-refractivity contribution in [1.29, 1.82) is 0 Å². The smallest absolute Gasteiger partial charge is 0.163 e. The van der Waals surface area contributed by atoms with Crippen LogP contribution in [-0.2, 0) is 0 Å². The summed E-state index contributed by atoms with van der Waals surface area (Å²) in [5, 5.41) is 2.00. The molecular weight excluding hydrogens is 204 g/mol. The number of aryl methyl sites for hydroxylation is 1. The highest BCUT2D eigenvalue weighted by Crippen LogP contribution is 2.28. The standard InChI is InChI=1S/C13H18OS/c1-10-7-12(9-15-10)13(14)8-11-5-3-2-4-6-11/h7,9,11H,2-6,8H2,1H3. The van der Waals surface area contributed by atoms with Crippen molar-refractivity contribution in [2.24, 2.45) is 5.92 Å². The quantitative estimate of drug-likeness (QED) is 0.700. The van der Waals surface area contributed by atoms with Crippen LogP contribution in [0.3, 0.4) is 0 Å². The van der Waals surface area contributed by atoms with Gasteiger partial charge >= 0.3 is 0 Å². The van der Waals surface area contributed by atoms with Crippen molar-refractivity contribution in [3.05, 3.63) is 21.9 Å². The SMILES string of the molecule is Cc1cc(C(=O)CC2CCCCC2)cs1. The first-order valence-corrected chi connectivity index (χ1v) is 6.72. The predicted molar refractivity (Wildman–Crippen MR) is 64.6 cm³/mol. The van der Waals surface area contributed by atoms with Crippen LogP contribution in [0.15, 0.2) is 11.4 Å². The van der Waals surface area contributed by atoms with Crippen LogP contribution in [0, 0.1) is 12.8 Å². The van der Waals surface area contributed by atoms with Gasteiger partial charge in [-0.3, -0.25) is 4.79 Å². The van der Waals surface area contributed by atoms with E-state index in [2.05, 4.69) is 6.92 Å². The van der Waals surface area contributed by atoms with Gasteiger partial charge in [0.2, 0.25) is 0 Å². The third kappa shape index (κ3) is 2.91. The van der Waals surface area contributed by atoms with Crippen LogP contribution in [0.4, 0.5) is 0 Å². The van der Waals surface area contributed by atoms with Crippen molar-refractivity contribution in [1.82, 2.24) is 0 Å². The predicted octanol–water partition coefficient (Wildman–Crippen LogP) is 4.21. The maximum absolute atomic E-state index is 11.9. The largest absolute Gasteiger partial charge is 0.294 e. The molecule has 1 aromatic rings. The van der Waals surface area contributed by atoms with Crippen LogP contribution in [0.25, 0.3) is 0 Å². The van der Waals surface area contributed by atoms with Gasteiger partial charge in [-0.15, -0.1) is 11.3 Å². The van der Waals surface area contributed by atoms with E-state index in [-0.39, 0.29) is 0 Å². The second-order valence-electron chi connectivity index (χ2n) is 4.58. The molecule has 0 atom stereocenters. The third-order valence-electron chi connectivity index (χ3n) is 3.25. The second kappa shape index (κ2) is 4.93. The summed E-state index contributed by atoms with van der Waals surface area (Å²) in [4.78, 5) is 13.2. The van der Waals surface area contributed by atoms with Gasteiger partial charge in [-0.05, 0) is 18.9 Å². The Balaban J connectivity index is 1.91. The molecule has 0 amide bonds. The maximum atomic E-state index is 11.9. The minimum atomic E-state index is 0.353. The Morgan fingerprint density at radius 2 is 2.13 bits per heavy atom. The lowest BCUT2D eigenvalue weighted by Crippen LogP contribution is -2.11. The molecule has 1 heterocycles. The summed E-state index contributed by atoms with van der Waals surface area (Å²) in [6.45, 7) is 2.06. The number of carbonyl (C=O) groups is 1. The number of ketones is 1. The molecule has 1 aliphatic carbocycles. The zero-order valence-corrected chi connectivity index (χ0v) is 10.1. The van der Waals surface area contributed by atoms with E-state index in [1.165, 1.54) is 37.0 Å². The molecule has 0 spiro atoms. The third-order valence-corrected chi connectivity index (χ3v) is 4.11. The molecule has 0 saturated heterocycles. The number of Topliss-reactive ketones (excluding diaryl/α,β-unsaturated/α-hetero) is 1. The molecule has 2 heteroatoms. The number of rotatable bonds is 3. The highest BCUT2D eigenvalue weighted by Gasteiger charge is 2.18. The fourth-order valence-corrected chi connectivity index (χ4v) is 3.07. The van der Waals surface area contributed by atoms with Crippen LogP contribution >= 0.6 is 11.3 Å². The molecule has 0 aromatic carbocycles. The van der Waals surface area contributed by atoms with E-state index >= 15 is 0 Å². The van der Waals surface area contributed by atoms with Crippen molar-refractivity contribution in [2.45, 2.75) is 45.4 Å². The zero-order chi connectivity index (χ0) is 10.7. The minimum Gasteiger partial charge on any atom is -0.294 e. The second-order valence-corrected chi connectivity index (χ2v) is 5.69. The van der Waals surface area contributed by atoms with Gasteiger partial charge in [0.25, 0.3) is 0 Å². The van der Waals surface area contributed by atoms with Crippen molar-refractivity contribution < 1.29 is 4.79 Å². The topological polar surface area (TPSA) is 17.1 Å². The average Bonchev–Trinajstić information content (AvgIpc) is 2.66. The summed E-state index contributed by atoms with van der Waals surface area (Å²) in [5.41, 5.74) is 0.933. The Labute approximate surface area is 95.5 Å². The summed E-state index contributed by atoms with van der Waals surface area (Å²) in [5.74, 6) is 1.01. The van der Waals surface area contributed by atoms with Crippen LogP contribution in [0.1, 0.15) is 53.8 Å². The van der Waals surface area contributed by atoms with E-state index in [1.807, 2.05) is 11.4 Å². The Morgan fingerprint density at radius 3 is 2.73 bits per heavy atom. The van der Waals surface area contributed by atoms with E-state index in [0.29, 0.717) is 11.7 Å². The Morgan fingerprint density at radius 1 is 1.40 bits per heavy atom. The van der Waals surface area contributed by atoms with Gasteiger partial charge in [0, 0.05) is 22.2 Å². The minimum absolute atomic E-state index is 0.353. The van der Waals surface area contributed by atoms with E-state index in [9.17, 15) is 4.79 Å². The van der Waals surface area contributed by atoms with Gasteiger partial charge in [0.05, 0.1) is 0 Å². The highest BCUT2D eigenvalue weighted by molar-refractivity contribution is 7.10. The number of carbonyl (C=O) groups excluding carboxylic acids is 1. The summed E-state index contributed by atoms with van der Waals surface area (Å²) in [7, 11) is 0. The summed E-state index contributed by atoms with van der Waals surface area (Å²) >= 11 is 1.67. The first kappa shape index (κ1) is 10.9. The lowest BCUT2D eigenvalue weighted by Gasteiger charge is -2.20. The van der Waals surface area contributed by atoms with E-state index in [1.54, 1.807) is 11.3 Å². The Kier molecular flexibility index (Phi) is 3.57. The van der Waals surface area contributed by atoms with Gasteiger partial charge in [-0.1, -0.05) is 32.1 Å². The van der Waals surface area contributed by atoms with Crippen molar-refractivity contribution in [3.8, 4) is 0 Å². The van der Waals surface area contributed by atoms with Crippen LogP contribution in [0.2, 0.25) is 0 Å². The summed E-state index contributed by atoms with van der Waals surface area (Å²) in [6.07, 6.45) is 7.30. The molecule has 1 aromatic heterocycles. The van der Waals surface area contributed by atoms with E-state index in [4.69, 9.17) is 0 Å². The fraction of sp³-hybridized carbons (Fsp3) is 0.615. The Bertz CT molecular complexity index is 334. The van der Waals surface area contributed by atoms with Gasteiger partial charge in [-0.2, -0.15) is 0 Å². The van der Waals surface area contributed by atoms with Crippen molar-refractivity contribution in [2.75, 3.05) is 0 Å². The molecule has 0 unspecified atom stereocenters. The normalized spacial score (nSPS) is 17.9. The van der Waals surface area contributed by atoms with Crippen LogP contribution in [-0.4, -0.2) is 5.78 Å². The summed E-state index contributed by atoms with van der Waals surface area (Å²) in [6, 6.07) is 2.02. The molecule has 82 valence electrons. The molecule has 1 saturated carbocycles. The van der Waals surface area contributed by atoms with Crippen LogP contribution in [0.5, 0.6) is 0 Å². The average molecular weight is 222 g/mol. The fourth-order valence-electron chi connectivity index (χ4n) is 2.36. The first-order chi connectivity index (χ1) is 7.25. The first-order valence-electron chi connectivity index (χ1n) is 5.84. The van der Waals surface area contributed by atoms with Gasteiger partial charge in [0.15, 0.2) is 5.78 Å². The highest BCUT2D eigenvalue weighted by atomic mass is 32.1. The molecular formula is C13H18OS. The monoisotopic (exact) mass is 222 g/mol. The van der Waals surface area contributed by atoms with Gasteiger partial charge in [0.1, 0.15) is 0 Å². The van der Waals surface area contributed by atoms with Crippen molar-refractivity contribution >= 4 is 17.1 Å². The zero-order valence-electron chi connectivity index (χ0n) is 9.29. The maximum Gasteiger partial charge on any atom is 0.163 e. The molecule has 0 aliphatic heterocycles. The number of hydrogen-bond donors (Lipinski definition) is 0. The summed E-state index contributed by atoms with van der Waals surface area (Å²) < 4.78 is 0. The van der Waals surface area contributed by atoms with E-state index < -0.39 is 0 Å². The number of thiophene rings is 1. The molecule has 0 bridgehead atoms. The van der Waals surface area contributed by atoms with Crippen molar-refractivity contribution in [3.63, 3.8) is 0 Å².